The van der Waals surface area contributed by atoms with Crippen molar-refractivity contribution in [3.8, 4) is 0 Å². The second kappa shape index (κ2) is 5.40. The van der Waals surface area contributed by atoms with Crippen LogP contribution in [0, 0.1) is 13.8 Å². The van der Waals surface area contributed by atoms with Crippen LogP contribution < -0.4 is 0 Å². The fourth-order valence-electron chi connectivity index (χ4n) is 2.15. The molecule has 3 aromatic rings. The number of aromatic nitrogens is 2. The van der Waals surface area contributed by atoms with Crippen molar-refractivity contribution in [2.24, 2.45) is 10.2 Å². The molecule has 2 heterocycles. The van der Waals surface area contributed by atoms with Gasteiger partial charge in [0.1, 0.15) is 5.65 Å². The summed E-state index contributed by atoms with van der Waals surface area (Å²) >= 11 is 0. The largest absolute Gasteiger partial charge is 0.476 e. The number of nitrogens with zero attached hydrogens (tertiary/aromatic N) is 4. The van der Waals surface area contributed by atoms with Crippen molar-refractivity contribution in [1.82, 2.24) is 9.38 Å². The Bertz CT molecular complexity index is 896. The van der Waals surface area contributed by atoms with Crippen molar-refractivity contribution in [3.05, 3.63) is 59.4 Å². The maximum atomic E-state index is 11.4. The number of azo groups is 1. The molecule has 0 amide bonds. The molecule has 0 fully saturated rings. The van der Waals surface area contributed by atoms with E-state index in [0.717, 1.165) is 11.1 Å². The molecule has 0 radical (unpaired) electrons. The van der Waals surface area contributed by atoms with Crippen molar-refractivity contribution in [3.63, 3.8) is 0 Å². The number of pyridine rings is 1. The zero-order chi connectivity index (χ0) is 15.7. The van der Waals surface area contributed by atoms with Crippen LogP contribution in [0.5, 0.6) is 0 Å². The highest BCUT2D eigenvalue weighted by Gasteiger charge is 2.18. The molecule has 0 saturated carbocycles. The molecule has 6 nitrogen and oxygen atoms in total. The van der Waals surface area contributed by atoms with Crippen LogP contribution in [0.2, 0.25) is 0 Å². The third-order valence-corrected chi connectivity index (χ3v) is 3.33. The number of carboxylic acid groups (broad SMARTS) is 1. The van der Waals surface area contributed by atoms with Gasteiger partial charge in [0, 0.05) is 6.20 Å². The van der Waals surface area contributed by atoms with Crippen molar-refractivity contribution < 1.29 is 9.90 Å². The Morgan fingerprint density at radius 3 is 2.68 bits per heavy atom. The van der Waals surface area contributed by atoms with E-state index >= 15 is 0 Å². The lowest BCUT2D eigenvalue weighted by atomic mass is 10.2. The summed E-state index contributed by atoms with van der Waals surface area (Å²) in [7, 11) is 0. The van der Waals surface area contributed by atoms with Gasteiger partial charge in [0.25, 0.3) is 0 Å². The van der Waals surface area contributed by atoms with Gasteiger partial charge in [-0.2, -0.15) is 0 Å². The zero-order valence-electron chi connectivity index (χ0n) is 12.2. The smallest absolute Gasteiger partial charge is 0.358 e. The predicted octanol–water partition coefficient (Wildman–Crippen LogP) is 4.06. The van der Waals surface area contributed by atoms with Gasteiger partial charge >= 0.3 is 5.97 Å². The van der Waals surface area contributed by atoms with Crippen LogP contribution in [-0.4, -0.2) is 20.5 Å². The Morgan fingerprint density at radius 1 is 1.18 bits per heavy atom. The molecule has 110 valence electrons. The Labute approximate surface area is 126 Å². The monoisotopic (exact) mass is 294 g/mol. The minimum absolute atomic E-state index is 0.108. The number of aryl methyl sites for hydroxylation is 2. The number of hydrogen-bond donors (Lipinski definition) is 1. The molecule has 0 aliphatic heterocycles. The second-order valence-corrected chi connectivity index (χ2v) is 5.01. The number of benzene rings is 1. The van der Waals surface area contributed by atoms with Crippen LogP contribution in [0.3, 0.4) is 0 Å². The number of imidazole rings is 1. The standard InChI is InChI=1S/C16H14N4O2/c1-10-7-8-20-13(9-10)17-14(16(21)22)15(20)19-18-12-6-4-3-5-11(12)2/h3-9H,1-2H3,(H,21,22). The summed E-state index contributed by atoms with van der Waals surface area (Å²) in [5.41, 5.74) is 3.09. The summed E-state index contributed by atoms with van der Waals surface area (Å²) in [6.07, 6.45) is 1.75. The molecule has 1 N–H and O–H groups in total. The Kier molecular flexibility index (Phi) is 3.42. The summed E-state index contributed by atoms with van der Waals surface area (Å²) in [6, 6.07) is 11.2. The molecule has 0 aliphatic rings. The molecular weight excluding hydrogens is 280 g/mol. The summed E-state index contributed by atoms with van der Waals surface area (Å²) in [6.45, 7) is 3.84. The van der Waals surface area contributed by atoms with Crippen LogP contribution in [0.15, 0.2) is 52.8 Å². The Morgan fingerprint density at radius 2 is 1.95 bits per heavy atom. The molecule has 0 aliphatic carbocycles. The van der Waals surface area contributed by atoms with Crippen molar-refractivity contribution in [2.45, 2.75) is 13.8 Å². The van der Waals surface area contributed by atoms with Gasteiger partial charge in [-0.25, -0.2) is 9.78 Å². The van der Waals surface area contributed by atoms with E-state index in [1.807, 2.05) is 44.2 Å². The van der Waals surface area contributed by atoms with Crippen LogP contribution in [0.4, 0.5) is 11.5 Å². The number of carboxylic acids is 1. The average molecular weight is 294 g/mol. The van der Waals surface area contributed by atoms with E-state index < -0.39 is 5.97 Å². The highest BCUT2D eigenvalue weighted by atomic mass is 16.4. The fraction of sp³-hybridized carbons (Fsp3) is 0.125. The normalized spacial score (nSPS) is 11.4. The first-order chi connectivity index (χ1) is 10.6. The van der Waals surface area contributed by atoms with Gasteiger partial charge in [0.2, 0.25) is 0 Å². The molecule has 0 bridgehead atoms. The summed E-state index contributed by atoms with van der Waals surface area (Å²) in [5, 5.41) is 17.6. The highest BCUT2D eigenvalue weighted by Crippen LogP contribution is 2.26. The first kappa shape index (κ1) is 13.9. The van der Waals surface area contributed by atoms with Gasteiger partial charge in [0.05, 0.1) is 5.69 Å². The average Bonchev–Trinajstić information content (AvgIpc) is 2.84. The topological polar surface area (TPSA) is 79.3 Å². The number of aromatic carboxylic acids is 1. The highest BCUT2D eigenvalue weighted by molar-refractivity contribution is 5.91. The first-order valence-corrected chi connectivity index (χ1v) is 6.75. The second-order valence-electron chi connectivity index (χ2n) is 5.01. The van der Waals surface area contributed by atoms with E-state index in [1.54, 1.807) is 16.7 Å². The predicted molar refractivity (Wildman–Crippen MR) is 82.2 cm³/mol. The van der Waals surface area contributed by atoms with E-state index in [-0.39, 0.29) is 11.5 Å². The quantitative estimate of drug-likeness (QED) is 0.739. The van der Waals surface area contributed by atoms with Gasteiger partial charge in [-0.3, -0.25) is 4.40 Å². The number of rotatable bonds is 3. The molecule has 6 heteroatoms. The summed E-state index contributed by atoms with van der Waals surface area (Å²) in [5.74, 6) is -0.911. The van der Waals surface area contributed by atoms with Gasteiger partial charge < -0.3 is 5.11 Å². The molecular formula is C16H14N4O2. The van der Waals surface area contributed by atoms with Gasteiger partial charge in [-0.1, -0.05) is 18.2 Å². The summed E-state index contributed by atoms with van der Waals surface area (Å²) in [4.78, 5) is 15.5. The fourth-order valence-corrected chi connectivity index (χ4v) is 2.15. The minimum atomic E-state index is -1.12. The van der Waals surface area contributed by atoms with Crippen LogP contribution in [0.25, 0.3) is 5.65 Å². The first-order valence-electron chi connectivity index (χ1n) is 6.75. The van der Waals surface area contributed by atoms with Crippen LogP contribution in [-0.2, 0) is 0 Å². The van der Waals surface area contributed by atoms with Crippen LogP contribution in [0.1, 0.15) is 21.6 Å². The number of hydrogen-bond acceptors (Lipinski definition) is 4. The van der Waals surface area contributed by atoms with Crippen LogP contribution >= 0.6 is 0 Å². The third kappa shape index (κ3) is 2.46. The SMILES string of the molecule is Cc1ccn2c(N=Nc3ccccc3C)c(C(=O)O)nc2c1. The molecule has 0 atom stereocenters. The molecule has 0 saturated heterocycles. The number of carbonyl (C=O) groups is 1. The zero-order valence-corrected chi connectivity index (χ0v) is 12.2. The van der Waals surface area contributed by atoms with Crippen molar-refractivity contribution in [1.29, 1.82) is 0 Å². The van der Waals surface area contributed by atoms with E-state index in [9.17, 15) is 9.90 Å². The lowest BCUT2D eigenvalue weighted by molar-refractivity contribution is 0.0692. The third-order valence-electron chi connectivity index (χ3n) is 3.33. The van der Waals surface area contributed by atoms with Gasteiger partial charge in [-0.05, 0) is 43.2 Å². The molecule has 3 rings (SSSR count). The van der Waals surface area contributed by atoms with E-state index in [2.05, 4.69) is 15.2 Å². The Hall–Kier alpha value is -3.02. The minimum Gasteiger partial charge on any atom is -0.476 e. The molecule has 1 aromatic carbocycles. The van der Waals surface area contributed by atoms with Gasteiger partial charge in [0.15, 0.2) is 11.5 Å². The van der Waals surface area contributed by atoms with E-state index in [1.165, 1.54) is 0 Å². The van der Waals surface area contributed by atoms with Gasteiger partial charge in [-0.15, -0.1) is 10.2 Å². The lowest BCUT2D eigenvalue weighted by Crippen LogP contribution is -1.96. The molecule has 0 spiro atoms. The van der Waals surface area contributed by atoms with E-state index in [4.69, 9.17) is 0 Å². The van der Waals surface area contributed by atoms with Crippen molar-refractivity contribution >= 4 is 23.1 Å². The molecule has 22 heavy (non-hydrogen) atoms. The number of fused-ring (bicyclic) bond motifs is 1. The molecule has 2 aromatic heterocycles. The van der Waals surface area contributed by atoms with E-state index in [0.29, 0.717) is 11.3 Å². The maximum absolute atomic E-state index is 11.4. The Balaban J connectivity index is 2.15. The van der Waals surface area contributed by atoms with Crippen molar-refractivity contribution in [2.75, 3.05) is 0 Å². The lowest BCUT2D eigenvalue weighted by Gasteiger charge is -1.99. The summed E-state index contributed by atoms with van der Waals surface area (Å²) < 4.78 is 1.62. The maximum Gasteiger partial charge on any atom is 0.358 e. The molecule has 0 unspecified atom stereocenters.